The van der Waals surface area contributed by atoms with Crippen molar-refractivity contribution in [2.75, 3.05) is 23.3 Å². The van der Waals surface area contributed by atoms with Crippen LogP contribution in [-0.2, 0) is 10.2 Å². The Balaban J connectivity index is 2.27. The highest BCUT2D eigenvalue weighted by atomic mass is 35.5. The number of aryl methyl sites for hydroxylation is 1. The van der Waals surface area contributed by atoms with E-state index in [2.05, 4.69) is 37.1 Å². The summed E-state index contributed by atoms with van der Waals surface area (Å²) in [5, 5.41) is 22.9. The van der Waals surface area contributed by atoms with Crippen LogP contribution in [0.3, 0.4) is 0 Å². The van der Waals surface area contributed by atoms with Crippen molar-refractivity contribution in [1.82, 2.24) is 4.98 Å². The Morgan fingerprint density at radius 2 is 1.88 bits per heavy atom. The molecule has 1 aromatic carbocycles. The van der Waals surface area contributed by atoms with Crippen molar-refractivity contribution in [3.8, 4) is 11.8 Å². The van der Waals surface area contributed by atoms with Crippen LogP contribution < -0.4 is 10.2 Å². The minimum Gasteiger partial charge on any atom is -0.508 e. The first-order valence-electron chi connectivity index (χ1n) is 11.2. The van der Waals surface area contributed by atoms with Gasteiger partial charge >= 0.3 is 0 Å². The zero-order valence-electron chi connectivity index (χ0n) is 20.7. The van der Waals surface area contributed by atoms with Crippen molar-refractivity contribution in [1.29, 1.82) is 5.26 Å². The van der Waals surface area contributed by atoms with Gasteiger partial charge in [-0.15, -0.1) is 0 Å². The number of benzene rings is 1. The molecule has 178 valence electrons. The number of carbonyl (C=O) groups is 1. The number of anilines is 2. The molecule has 0 saturated heterocycles. The maximum atomic E-state index is 13.2. The van der Waals surface area contributed by atoms with Gasteiger partial charge in [0.15, 0.2) is 0 Å². The highest BCUT2D eigenvalue weighted by Crippen LogP contribution is 2.34. The summed E-state index contributed by atoms with van der Waals surface area (Å²) in [6.45, 7) is 15.1. The lowest BCUT2D eigenvalue weighted by Gasteiger charge is -2.28. The number of halogens is 1. The largest absolute Gasteiger partial charge is 0.508 e. The minimum absolute atomic E-state index is 0.0271. The number of amides is 1. The second-order valence-corrected chi connectivity index (χ2v) is 10.9. The van der Waals surface area contributed by atoms with E-state index in [1.807, 2.05) is 33.8 Å². The van der Waals surface area contributed by atoms with Gasteiger partial charge in [-0.1, -0.05) is 53.1 Å². The van der Waals surface area contributed by atoms with Crippen LogP contribution in [0.5, 0.6) is 5.75 Å². The molecule has 7 heteroatoms. The fourth-order valence-electron chi connectivity index (χ4n) is 3.46. The Kier molecular flexibility index (Phi) is 8.37. The summed E-state index contributed by atoms with van der Waals surface area (Å²) >= 11 is 6.12. The second-order valence-electron chi connectivity index (χ2n) is 10.6. The number of aromatic nitrogens is 1. The molecule has 2 aromatic rings. The first-order chi connectivity index (χ1) is 15.2. The number of aromatic hydroxyl groups is 1. The zero-order chi connectivity index (χ0) is 25.0. The van der Waals surface area contributed by atoms with Gasteiger partial charge in [-0.2, -0.15) is 5.26 Å². The summed E-state index contributed by atoms with van der Waals surface area (Å²) < 4.78 is 0. The number of hydrogen-bond donors (Lipinski definition) is 2. The number of rotatable bonds is 7. The molecule has 0 fully saturated rings. The quantitative estimate of drug-likeness (QED) is 0.471. The lowest BCUT2D eigenvalue weighted by molar-refractivity contribution is -0.119. The van der Waals surface area contributed by atoms with Crippen LogP contribution >= 0.6 is 11.6 Å². The predicted octanol–water partition coefficient (Wildman–Crippen LogP) is 6.19. The molecule has 33 heavy (non-hydrogen) atoms. The van der Waals surface area contributed by atoms with Crippen molar-refractivity contribution in [2.45, 2.75) is 66.7 Å². The van der Waals surface area contributed by atoms with Crippen LogP contribution in [-0.4, -0.2) is 29.1 Å². The van der Waals surface area contributed by atoms with Gasteiger partial charge in [-0.25, -0.2) is 4.98 Å². The highest BCUT2D eigenvalue weighted by Gasteiger charge is 2.23. The van der Waals surface area contributed by atoms with E-state index in [0.717, 1.165) is 23.2 Å². The third kappa shape index (κ3) is 7.36. The lowest BCUT2D eigenvalue weighted by Crippen LogP contribution is -2.36. The number of phenolic OH excluding ortho intramolecular Hbond substituents is 1. The van der Waals surface area contributed by atoms with E-state index >= 15 is 0 Å². The van der Waals surface area contributed by atoms with Crippen LogP contribution in [0.15, 0.2) is 24.3 Å². The van der Waals surface area contributed by atoms with Gasteiger partial charge in [-0.05, 0) is 54.0 Å². The third-order valence-corrected chi connectivity index (χ3v) is 5.69. The van der Waals surface area contributed by atoms with E-state index in [4.69, 9.17) is 11.6 Å². The highest BCUT2D eigenvalue weighted by molar-refractivity contribution is 6.30. The molecule has 0 saturated carbocycles. The van der Waals surface area contributed by atoms with Gasteiger partial charge in [-0.3, -0.25) is 4.79 Å². The van der Waals surface area contributed by atoms with Crippen LogP contribution in [0, 0.1) is 23.7 Å². The van der Waals surface area contributed by atoms with Gasteiger partial charge in [0.25, 0.3) is 0 Å². The van der Waals surface area contributed by atoms with Crippen molar-refractivity contribution < 1.29 is 9.90 Å². The number of nitriles is 1. The van der Waals surface area contributed by atoms with Crippen molar-refractivity contribution >= 4 is 29.0 Å². The van der Waals surface area contributed by atoms with E-state index in [-0.39, 0.29) is 27.6 Å². The molecule has 1 amide bonds. The molecule has 0 aliphatic heterocycles. The first-order valence-corrected chi connectivity index (χ1v) is 11.6. The Labute approximate surface area is 202 Å². The maximum absolute atomic E-state index is 13.2. The maximum Gasteiger partial charge on any atom is 0.227 e. The fourth-order valence-corrected chi connectivity index (χ4v) is 3.74. The first kappa shape index (κ1) is 26.5. The van der Waals surface area contributed by atoms with E-state index < -0.39 is 0 Å². The summed E-state index contributed by atoms with van der Waals surface area (Å²) in [5.74, 6) is 0.803. The molecule has 0 bridgehead atoms. The Bertz CT molecular complexity index is 1020. The monoisotopic (exact) mass is 470 g/mol. The average molecular weight is 471 g/mol. The average Bonchev–Trinajstić information content (AvgIpc) is 2.68. The molecule has 0 spiro atoms. The summed E-state index contributed by atoms with van der Waals surface area (Å²) in [6.07, 6.45) is 1.20. The van der Waals surface area contributed by atoms with Crippen molar-refractivity contribution in [3.63, 3.8) is 0 Å². The van der Waals surface area contributed by atoms with Crippen LogP contribution in [0.2, 0.25) is 5.15 Å². The molecule has 1 aromatic heterocycles. The molecule has 0 aliphatic rings. The van der Waals surface area contributed by atoms with E-state index in [1.165, 1.54) is 0 Å². The summed E-state index contributed by atoms with van der Waals surface area (Å²) in [6, 6.07) is 9.15. The Morgan fingerprint density at radius 3 is 2.42 bits per heavy atom. The van der Waals surface area contributed by atoms with Crippen LogP contribution in [0.25, 0.3) is 0 Å². The number of carbonyl (C=O) groups excluding carboxylic acids is 1. The molecule has 0 radical (unpaired) electrons. The van der Waals surface area contributed by atoms with Crippen molar-refractivity contribution in [2.24, 2.45) is 5.41 Å². The second kappa shape index (κ2) is 10.4. The lowest BCUT2D eigenvalue weighted by atomic mass is 9.86. The molecular formula is C26H35ClN4O2. The number of nitrogens with one attached hydrogen (secondary N) is 1. The van der Waals surface area contributed by atoms with Gasteiger partial charge in [0, 0.05) is 30.8 Å². The molecule has 0 aliphatic carbocycles. The molecule has 1 heterocycles. The van der Waals surface area contributed by atoms with Gasteiger partial charge in [0.05, 0.1) is 5.56 Å². The number of hydrogen-bond acceptors (Lipinski definition) is 5. The smallest absolute Gasteiger partial charge is 0.227 e. The minimum atomic E-state index is -0.265. The molecule has 0 unspecified atom stereocenters. The fraction of sp³-hybridized carbons (Fsp3) is 0.500. The predicted molar refractivity (Wildman–Crippen MR) is 135 cm³/mol. The van der Waals surface area contributed by atoms with Gasteiger partial charge in [0.2, 0.25) is 5.91 Å². The van der Waals surface area contributed by atoms with Gasteiger partial charge < -0.3 is 15.3 Å². The van der Waals surface area contributed by atoms with E-state index in [1.54, 1.807) is 23.1 Å². The Morgan fingerprint density at radius 1 is 1.21 bits per heavy atom. The van der Waals surface area contributed by atoms with Gasteiger partial charge in [0.1, 0.15) is 22.8 Å². The zero-order valence-corrected chi connectivity index (χ0v) is 21.5. The molecule has 2 N–H and O–H groups in total. The third-order valence-electron chi connectivity index (χ3n) is 5.42. The number of nitrogens with zero attached hydrogens (tertiary/aromatic N) is 3. The van der Waals surface area contributed by atoms with E-state index in [0.29, 0.717) is 30.9 Å². The number of pyridine rings is 1. The van der Waals surface area contributed by atoms with Crippen LogP contribution in [0.4, 0.5) is 11.5 Å². The standard InChI is InChI=1S/C26H35ClN4O2/c1-17-14-22(30-24(27)19(17)16-28)29-12-13-31(23(33)10-11-25(2,3)4)18-8-9-21(32)20(15-18)26(5,6)7/h8-9,14-15,32H,10-13H2,1-7H3,(H,29,30). The topological polar surface area (TPSA) is 89.2 Å². The molecule has 0 atom stereocenters. The Hall–Kier alpha value is -2.78. The summed E-state index contributed by atoms with van der Waals surface area (Å²) in [7, 11) is 0. The summed E-state index contributed by atoms with van der Waals surface area (Å²) in [5.41, 5.74) is 2.43. The number of phenols is 1. The normalized spacial score (nSPS) is 11.7. The van der Waals surface area contributed by atoms with E-state index in [9.17, 15) is 15.2 Å². The summed E-state index contributed by atoms with van der Waals surface area (Å²) in [4.78, 5) is 19.2. The molecule has 6 nitrogen and oxygen atoms in total. The van der Waals surface area contributed by atoms with Crippen LogP contribution in [0.1, 0.15) is 71.1 Å². The molecule has 2 rings (SSSR count). The SMILES string of the molecule is Cc1cc(NCCN(C(=O)CCC(C)(C)C)c2ccc(O)c(C(C)(C)C)c2)nc(Cl)c1C#N. The van der Waals surface area contributed by atoms with Crippen molar-refractivity contribution in [3.05, 3.63) is 46.1 Å². The molecular weight excluding hydrogens is 436 g/mol.